The lowest BCUT2D eigenvalue weighted by atomic mass is 10.2. The number of rotatable bonds is 2. The number of anilines is 1. The Morgan fingerprint density at radius 3 is 3.07 bits per heavy atom. The molecule has 15 heavy (non-hydrogen) atoms. The topological polar surface area (TPSA) is 89.1 Å². The van der Waals surface area contributed by atoms with Crippen LogP contribution in [0.15, 0.2) is 0 Å². The molecule has 3 N–H and O–H groups in total. The van der Waals surface area contributed by atoms with Gasteiger partial charge in [0.1, 0.15) is 18.1 Å². The minimum atomic E-state index is -0.931. The van der Waals surface area contributed by atoms with Crippen LogP contribution in [-0.2, 0) is 23.4 Å². The van der Waals surface area contributed by atoms with E-state index < -0.39 is 5.97 Å². The minimum absolute atomic E-state index is 0.162. The van der Waals surface area contributed by atoms with E-state index in [4.69, 9.17) is 10.8 Å². The first kappa shape index (κ1) is 10.2. The van der Waals surface area contributed by atoms with Crippen molar-refractivity contribution in [2.75, 3.05) is 11.5 Å². The Kier molecular flexibility index (Phi) is 2.77. The molecule has 0 saturated heterocycles. The fraction of sp³-hybridized carbons (Fsp3) is 0.444. The number of nitrogens with zero attached hydrogens (tertiary/aromatic N) is 2. The zero-order valence-corrected chi connectivity index (χ0v) is 8.88. The van der Waals surface area contributed by atoms with E-state index in [1.165, 1.54) is 0 Å². The molecule has 0 spiro atoms. The highest BCUT2D eigenvalue weighted by Crippen LogP contribution is 2.26. The Morgan fingerprint density at radius 1 is 1.53 bits per heavy atom. The lowest BCUT2D eigenvalue weighted by Crippen LogP contribution is -2.15. The van der Waals surface area contributed by atoms with Gasteiger partial charge in [0.05, 0.1) is 5.69 Å². The summed E-state index contributed by atoms with van der Waals surface area (Å²) < 4.78 is 0. The van der Waals surface area contributed by atoms with Crippen molar-refractivity contribution in [3.63, 3.8) is 0 Å². The number of carbonyl (C=O) groups is 1. The zero-order chi connectivity index (χ0) is 10.8. The van der Waals surface area contributed by atoms with Gasteiger partial charge in [-0.15, -0.1) is 0 Å². The molecule has 2 rings (SSSR count). The molecule has 0 atom stereocenters. The van der Waals surface area contributed by atoms with E-state index in [0.717, 1.165) is 29.2 Å². The molecule has 80 valence electrons. The Labute approximate surface area is 91.1 Å². The first-order valence-corrected chi connectivity index (χ1v) is 5.76. The monoisotopic (exact) mass is 225 g/mol. The van der Waals surface area contributed by atoms with Crippen LogP contribution >= 0.6 is 11.8 Å². The molecule has 1 aliphatic heterocycles. The number of nitrogens with two attached hydrogens (primary N) is 1. The molecule has 6 heteroatoms. The van der Waals surface area contributed by atoms with Crippen LogP contribution in [0.25, 0.3) is 0 Å². The maximum atomic E-state index is 10.5. The van der Waals surface area contributed by atoms with Gasteiger partial charge in [-0.05, 0) is 12.2 Å². The molecule has 0 aromatic carbocycles. The van der Waals surface area contributed by atoms with Crippen molar-refractivity contribution in [3.8, 4) is 0 Å². The van der Waals surface area contributed by atoms with E-state index >= 15 is 0 Å². The Morgan fingerprint density at radius 2 is 2.33 bits per heavy atom. The van der Waals surface area contributed by atoms with Crippen LogP contribution in [0.4, 0.5) is 5.82 Å². The van der Waals surface area contributed by atoms with E-state index in [2.05, 4.69) is 9.97 Å². The number of hydrogen-bond donors (Lipinski definition) is 2. The maximum Gasteiger partial charge on any atom is 0.311 e. The van der Waals surface area contributed by atoms with Gasteiger partial charge < -0.3 is 10.8 Å². The number of hydrogen-bond acceptors (Lipinski definition) is 5. The summed E-state index contributed by atoms with van der Waals surface area (Å²) in [5, 5.41) is 8.64. The standard InChI is InChI=1S/C9H11N3O2S/c10-9-5-4-15-2-1-6(5)11-7(12-9)3-8(13)14/h1-4H2,(H,13,14)(H2,10,11,12). The molecule has 0 radical (unpaired) electrons. The van der Waals surface area contributed by atoms with E-state index in [1.54, 1.807) is 11.8 Å². The first-order chi connectivity index (χ1) is 7.16. The van der Waals surface area contributed by atoms with Gasteiger partial charge in [-0.1, -0.05) is 0 Å². The van der Waals surface area contributed by atoms with Crippen molar-refractivity contribution in [3.05, 3.63) is 17.1 Å². The van der Waals surface area contributed by atoms with Gasteiger partial charge in [-0.25, -0.2) is 9.97 Å². The summed E-state index contributed by atoms with van der Waals surface area (Å²) >= 11 is 1.80. The predicted molar refractivity (Wildman–Crippen MR) is 57.7 cm³/mol. The highest BCUT2D eigenvalue weighted by molar-refractivity contribution is 7.98. The number of fused-ring (bicyclic) bond motifs is 1. The summed E-state index contributed by atoms with van der Waals surface area (Å²) in [7, 11) is 0. The van der Waals surface area contributed by atoms with Crippen LogP contribution in [0.1, 0.15) is 17.1 Å². The van der Waals surface area contributed by atoms with Crippen molar-refractivity contribution in [1.82, 2.24) is 9.97 Å². The molecule has 0 fully saturated rings. The highest BCUT2D eigenvalue weighted by Gasteiger charge is 2.17. The quantitative estimate of drug-likeness (QED) is 0.760. The molecular formula is C9H11N3O2S. The molecular weight excluding hydrogens is 214 g/mol. The third kappa shape index (κ3) is 2.20. The van der Waals surface area contributed by atoms with Crippen LogP contribution in [0.2, 0.25) is 0 Å². The summed E-state index contributed by atoms with van der Waals surface area (Å²) in [5.41, 5.74) is 7.65. The van der Waals surface area contributed by atoms with Crippen LogP contribution in [0.5, 0.6) is 0 Å². The van der Waals surface area contributed by atoms with Crippen LogP contribution in [0.3, 0.4) is 0 Å². The summed E-state index contributed by atoms with van der Waals surface area (Å²) in [6.45, 7) is 0. The molecule has 1 aromatic heterocycles. The number of nitrogen functional groups attached to an aromatic ring is 1. The van der Waals surface area contributed by atoms with Crippen molar-refractivity contribution >= 4 is 23.5 Å². The van der Waals surface area contributed by atoms with Gasteiger partial charge in [0.25, 0.3) is 0 Å². The number of carboxylic acid groups (broad SMARTS) is 1. The van der Waals surface area contributed by atoms with Crippen molar-refractivity contribution in [2.24, 2.45) is 0 Å². The zero-order valence-electron chi connectivity index (χ0n) is 8.06. The first-order valence-electron chi connectivity index (χ1n) is 4.60. The molecule has 0 bridgehead atoms. The summed E-state index contributed by atoms with van der Waals surface area (Å²) in [6, 6.07) is 0. The number of aliphatic carboxylic acids is 1. The van der Waals surface area contributed by atoms with Gasteiger partial charge in [0.15, 0.2) is 0 Å². The van der Waals surface area contributed by atoms with Crippen molar-refractivity contribution < 1.29 is 9.90 Å². The summed E-state index contributed by atoms with van der Waals surface area (Å²) in [4.78, 5) is 18.8. The van der Waals surface area contributed by atoms with Crippen LogP contribution in [0, 0.1) is 0 Å². The Balaban J connectivity index is 2.36. The molecule has 2 heterocycles. The van der Waals surface area contributed by atoms with Crippen molar-refractivity contribution in [2.45, 2.75) is 18.6 Å². The number of aryl methyl sites for hydroxylation is 1. The normalized spacial score (nSPS) is 14.7. The summed E-state index contributed by atoms with van der Waals surface area (Å²) in [5.74, 6) is 1.65. The SMILES string of the molecule is Nc1nc(CC(=O)O)nc2c1CSCC2. The summed E-state index contributed by atoms with van der Waals surface area (Å²) in [6.07, 6.45) is 0.684. The molecule has 0 unspecified atom stereocenters. The lowest BCUT2D eigenvalue weighted by Gasteiger charge is -2.16. The fourth-order valence-corrected chi connectivity index (χ4v) is 2.52. The van der Waals surface area contributed by atoms with Gasteiger partial charge >= 0.3 is 5.97 Å². The third-order valence-corrected chi connectivity index (χ3v) is 3.20. The minimum Gasteiger partial charge on any atom is -0.481 e. The van der Waals surface area contributed by atoms with Crippen LogP contribution in [-0.4, -0.2) is 26.8 Å². The maximum absolute atomic E-state index is 10.5. The van der Waals surface area contributed by atoms with Gasteiger partial charge in [0, 0.05) is 11.3 Å². The van der Waals surface area contributed by atoms with Crippen molar-refractivity contribution in [1.29, 1.82) is 0 Å². The predicted octanol–water partition coefficient (Wildman–Crippen LogP) is 0.475. The van der Waals surface area contributed by atoms with E-state index in [1.807, 2.05) is 0 Å². The number of carboxylic acids is 1. The van der Waals surface area contributed by atoms with Crippen LogP contribution < -0.4 is 5.73 Å². The van der Waals surface area contributed by atoms with Gasteiger partial charge in [-0.3, -0.25) is 4.79 Å². The van der Waals surface area contributed by atoms with Gasteiger partial charge in [-0.2, -0.15) is 11.8 Å². The second kappa shape index (κ2) is 4.06. The van der Waals surface area contributed by atoms with E-state index in [-0.39, 0.29) is 6.42 Å². The molecule has 1 aromatic rings. The number of aromatic nitrogens is 2. The van der Waals surface area contributed by atoms with E-state index in [0.29, 0.717) is 11.6 Å². The van der Waals surface area contributed by atoms with Gasteiger partial charge in [0.2, 0.25) is 0 Å². The molecule has 1 aliphatic rings. The lowest BCUT2D eigenvalue weighted by molar-refractivity contribution is -0.136. The number of thioether (sulfide) groups is 1. The molecule has 0 amide bonds. The average molecular weight is 225 g/mol. The smallest absolute Gasteiger partial charge is 0.311 e. The third-order valence-electron chi connectivity index (χ3n) is 2.21. The average Bonchev–Trinajstić information content (AvgIpc) is 2.16. The Hall–Kier alpha value is -1.30. The second-order valence-electron chi connectivity index (χ2n) is 3.32. The Bertz CT molecular complexity index is 409. The largest absolute Gasteiger partial charge is 0.481 e. The molecule has 5 nitrogen and oxygen atoms in total. The highest BCUT2D eigenvalue weighted by atomic mass is 32.2. The van der Waals surface area contributed by atoms with E-state index in [9.17, 15) is 4.79 Å². The molecule has 0 saturated carbocycles. The fourth-order valence-electron chi connectivity index (χ4n) is 1.52. The second-order valence-corrected chi connectivity index (χ2v) is 4.43. The molecule has 0 aliphatic carbocycles.